The molecule has 110 valence electrons. The van der Waals surface area contributed by atoms with Gasteiger partial charge < -0.3 is 10.8 Å². The van der Waals surface area contributed by atoms with Crippen LogP contribution in [-0.4, -0.2) is 11.0 Å². The third kappa shape index (κ3) is 3.44. The zero-order valence-corrected chi connectivity index (χ0v) is 11.4. The Morgan fingerprint density at radius 1 is 1.19 bits per heavy atom. The van der Waals surface area contributed by atoms with E-state index in [0.29, 0.717) is 11.1 Å². The van der Waals surface area contributed by atoms with Crippen molar-refractivity contribution in [1.82, 2.24) is 0 Å². The van der Waals surface area contributed by atoms with Crippen molar-refractivity contribution >= 4 is 5.91 Å². The van der Waals surface area contributed by atoms with Crippen LogP contribution in [0.3, 0.4) is 0 Å². The highest BCUT2D eigenvalue weighted by Crippen LogP contribution is 2.28. The van der Waals surface area contributed by atoms with E-state index in [-0.39, 0.29) is 12.0 Å². The maximum atomic E-state index is 13.7. The van der Waals surface area contributed by atoms with Crippen LogP contribution in [0.1, 0.15) is 18.9 Å². The summed E-state index contributed by atoms with van der Waals surface area (Å²) >= 11 is 0. The third-order valence-corrected chi connectivity index (χ3v) is 3.27. The molecule has 2 rings (SSSR count). The molecule has 0 radical (unpaired) electrons. The minimum atomic E-state index is -1.38. The number of amides is 1. The van der Waals surface area contributed by atoms with Gasteiger partial charge in [-0.1, -0.05) is 24.3 Å². The van der Waals surface area contributed by atoms with Crippen LogP contribution >= 0.6 is 0 Å². The molecule has 1 atom stereocenters. The van der Waals surface area contributed by atoms with Crippen LogP contribution in [0.4, 0.5) is 8.78 Å². The van der Waals surface area contributed by atoms with Gasteiger partial charge in [0.1, 0.15) is 11.6 Å². The molecule has 3 nitrogen and oxygen atoms in total. The molecule has 0 saturated heterocycles. The van der Waals surface area contributed by atoms with Crippen LogP contribution in [-0.2, 0) is 10.4 Å². The highest BCUT2D eigenvalue weighted by Gasteiger charge is 2.25. The summed E-state index contributed by atoms with van der Waals surface area (Å²) in [5.74, 6) is -1.92. The molecule has 0 fully saturated rings. The van der Waals surface area contributed by atoms with Crippen LogP contribution in [0.2, 0.25) is 0 Å². The molecule has 0 aliphatic carbocycles. The summed E-state index contributed by atoms with van der Waals surface area (Å²) in [4.78, 5) is 10.9. The zero-order chi connectivity index (χ0) is 15.6. The minimum absolute atomic E-state index is 0.211. The van der Waals surface area contributed by atoms with Gasteiger partial charge in [-0.3, -0.25) is 4.79 Å². The number of hydrogen-bond acceptors (Lipinski definition) is 2. The average molecular weight is 291 g/mol. The fourth-order valence-corrected chi connectivity index (χ4v) is 2.17. The number of carbonyl (C=O) groups excluding carboxylic acids is 1. The molecule has 0 spiro atoms. The molecular weight excluding hydrogens is 276 g/mol. The molecule has 3 N–H and O–H groups in total. The molecule has 1 unspecified atom stereocenters. The van der Waals surface area contributed by atoms with Crippen LogP contribution in [0.15, 0.2) is 42.5 Å². The molecule has 21 heavy (non-hydrogen) atoms. The standard InChI is InChI=1S/C16H15F2NO2/c1-16(21,9-15(19)20)11-4-2-10(3-5-11)13-7-6-12(17)8-14(13)18/h2-8,21H,9H2,1H3,(H2,19,20). The number of carbonyl (C=O) groups is 1. The molecule has 0 heterocycles. The van der Waals surface area contributed by atoms with E-state index in [0.717, 1.165) is 6.07 Å². The lowest BCUT2D eigenvalue weighted by molar-refractivity contribution is -0.122. The Balaban J connectivity index is 2.32. The van der Waals surface area contributed by atoms with Gasteiger partial charge in [0, 0.05) is 11.6 Å². The van der Waals surface area contributed by atoms with E-state index in [1.165, 1.54) is 19.1 Å². The summed E-state index contributed by atoms with van der Waals surface area (Å²) in [6.45, 7) is 1.48. The van der Waals surface area contributed by atoms with Gasteiger partial charge in [0.15, 0.2) is 0 Å². The van der Waals surface area contributed by atoms with Gasteiger partial charge in [-0.15, -0.1) is 0 Å². The van der Waals surface area contributed by atoms with Crippen molar-refractivity contribution in [3.8, 4) is 11.1 Å². The summed E-state index contributed by atoms with van der Waals surface area (Å²) in [6.07, 6.45) is -0.211. The van der Waals surface area contributed by atoms with E-state index in [9.17, 15) is 18.7 Å². The number of hydrogen-bond donors (Lipinski definition) is 2. The van der Waals surface area contributed by atoms with E-state index in [2.05, 4.69) is 0 Å². The van der Waals surface area contributed by atoms with Crippen molar-refractivity contribution in [3.63, 3.8) is 0 Å². The second kappa shape index (κ2) is 5.61. The highest BCUT2D eigenvalue weighted by atomic mass is 19.1. The van der Waals surface area contributed by atoms with Crippen molar-refractivity contribution in [1.29, 1.82) is 0 Å². The Labute approximate surface area is 121 Å². The fourth-order valence-electron chi connectivity index (χ4n) is 2.17. The predicted molar refractivity (Wildman–Crippen MR) is 75.2 cm³/mol. The van der Waals surface area contributed by atoms with Crippen molar-refractivity contribution in [3.05, 3.63) is 59.7 Å². The number of aliphatic hydroxyl groups is 1. The highest BCUT2D eigenvalue weighted by molar-refractivity contribution is 5.75. The average Bonchev–Trinajstić information content (AvgIpc) is 2.37. The maximum absolute atomic E-state index is 13.7. The quantitative estimate of drug-likeness (QED) is 0.909. The number of rotatable bonds is 4. The summed E-state index contributed by atoms with van der Waals surface area (Å²) < 4.78 is 26.6. The molecule has 1 amide bonds. The van der Waals surface area contributed by atoms with E-state index in [1.807, 2.05) is 0 Å². The Morgan fingerprint density at radius 2 is 1.81 bits per heavy atom. The Morgan fingerprint density at radius 3 is 2.33 bits per heavy atom. The van der Waals surface area contributed by atoms with E-state index in [1.54, 1.807) is 24.3 Å². The molecule has 5 heteroatoms. The summed E-state index contributed by atoms with van der Waals surface area (Å²) in [6, 6.07) is 9.70. The third-order valence-electron chi connectivity index (χ3n) is 3.27. The molecule has 0 bridgehead atoms. The van der Waals surface area contributed by atoms with Gasteiger partial charge in [-0.2, -0.15) is 0 Å². The smallest absolute Gasteiger partial charge is 0.220 e. The maximum Gasteiger partial charge on any atom is 0.220 e. The first-order valence-electron chi connectivity index (χ1n) is 6.36. The first-order valence-corrected chi connectivity index (χ1v) is 6.36. The summed E-state index contributed by atoms with van der Waals surface area (Å²) in [5, 5.41) is 10.2. The number of halogens is 2. The van der Waals surface area contributed by atoms with Crippen molar-refractivity contribution in [2.24, 2.45) is 5.73 Å². The molecule has 2 aromatic rings. The first-order chi connectivity index (χ1) is 9.79. The number of primary amides is 1. The van der Waals surface area contributed by atoms with E-state index in [4.69, 9.17) is 5.73 Å². The Bertz CT molecular complexity index is 666. The first kappa shape index (κ1) is 15.1. The largest absolute Gasteiger partial charge is 0.385 e. The van der Waals surface area contributed by atoms with Gasteiger partial charge in [0.25, 0.3) is 0 Å². The second-order valence-electron chi connectivity index (χ2n) is 5.12. The SMILES string of the molecule is CC(O)(CC(N)=O)c1ccc(-c2ccc(F)cc2F)cc1. The molecular formula is C16H15F2NO2. The lowest BCUT2D eigenvalue weighted by Crippen LogP contribution is -2.28. The van der Waals surface area contributed by atoms with Crippen LogP contribution in [0.25, 0.3) is 11.1 Å². The fraction of sp³-hybridized carbons (Fsp3) is 0.188. The predicted octanol–water partition coefficient (Wildman–Crippen LogP) is 2.71. The van der Waals surface area contributed by atoms with Crippen molar-refractivity contribution in [2.45, 2.75) is 18.9 Å². The molecule has 0 saturated carbocycles. The zero-order valence-electron chi connectivity index (χ0n) is 11.4. The van der Waals surface area contributed by atoms with Crippen LogP contribution < -0.4 is 5.73 Å². The van der Waals surface area contributed by atoms with Crippen molar-refractivity contribution < 1.29 is 18.7 Å². The van der Waals surface area contributed by atoms with Gasteiger partial charge in [-0.25, -0.2) is 8.78 Å². The van der Waals surface area contributed by atoms with Crippen LogP contribution in [0, 0.1) is 11.6 Å². The Kier molecular flexibility index (Phi) is 4.04. The monoisotopic (exact) mass is 291 g/mol. The molecule has 0 aromatic heterocycles. The van der Waals surface area contributed by atoms with Crippen LogP contribution in [0.5, 0.6) is 0 Å². The topological polar surface area (TPSA) is 63.3 Å². The Hall–Kier alpha value is -2.27. The molecule has 0 aliphatic rings. The van der Waals surface area contributed by atoms with E-state index >= 15 is 0 Å². The lowest BCUT2D eigenvalue weighted by Gasteiger charge is -2.22. The van der Waals surface area contributed by atoms with Gasteiger partial charge >= 0.3 is 0 Å². The van der Waals surface area contributed by atoms with Crippen molar-refractivity contribution in [2.75, 3.05) is 0 Å². The van der Waals surface area contributed by atoms with Gasteiger partial charge in [0.2, 0.25) is 5.91 Å². The molecule has 2 aromatic carbocycles. The second-order valence-corrected chi connectivity index (χ2v) is 5.12. The normalized spacial score (nSPS) is 13.7. The lowest BCUT2D eigenvalue weighted by atomic mass is 9.91. The van der Waals surface area contributed by atoms with E-state index < -0.39 is 23.1 Å². The summed E-state index contributed by atoms with van der Waals surface area (Å²) in [7, 11) is 0. The number of benzene rings is 2. The van der Waals surface area contributed by atoms with Gasteiger partial charge in [-0.05, 0) is 30.2 Å². The summed E-state index contributed by atoms with van der Waals surface area (Å²) in [5.41, 5.74) is 5.01. The molecule has 0 aliphatic heterocycles. The number of nitrogens with two attached hydrogens (primary N) is 1. The van der Waals surface area contributed by atoms with Gasteiger partial charge in [0.05, 0.1) is 12.0 Å². The minimum Gasteiger partial charge on any atom is -0.385 e.